The Morgan fingerprint density at radius 1 is 1.12 bits per heavy atom. The fraction of sp³-hybridized carbons (Fsp3) is 0.318. The molecule has 0 spiro atoms. The average Bonchev–Trinajstić information content (AvgIpc) is 3.08. The number of ether oxygens (including phenoxy) is 1. The minimum Gasteiger partial charge on any atom is -0.466 e. The molecule has 1 aromatic heterocycles. The summed E-state index contributed by atoms with van der Waals surface area (Å²) in [6.07, 6.45) is 4.26. The van der Waals surface area contributed by atoms with E-state index in [9.17, 15) is 4.79 Å². The lowest BCUT2D eigenvalue weighted by Gasteiger charge is -2.18. The molecular formula is C22H26N2O2. The summed E-state index contributed by atoms with van der Waals surface area (Å²) in [5, 5.41) is 4.78. The second-order valence-corrected chi connectivity index (χ2v) is 6.47. The second kappa shape index (κ2) is 9.20. The van der Waals surface area contributed by atoms with Crippen molar-refractivity contribution >= 4 is 16.9 Å². The molecule has 0 aliphatic carbocycles. The number of hydrogen-bond donors (Lipinski definition) is 2. The van der Waals surface area contributed by atoms with Gasteiger partial charge < -0.3 is 15.0 Å². The Kier molecular flexibility index (Phi) is 6.45. The third-order valence-electron chi connectivity index (χ3n) is 4.59. The molecule has 1 heterocycles. The first kappa shape index (κ1) is 18.2. The van der Waals surface area contributed by atoms with E-state index in [0.717, 1.165) is 24.9 Å². The third-order valence-corrected chi connectivity index (χ3v) is 4.59. The van der Waals surface area contributed by atoms with E-state index in [1.807, 2.05) is 31.2 Å². The standard InChI is InChI=1S/C22H26N2O2/c1-2-26-22(25)14-19(23-15-17-8-4-3-5-9-17)13-12-18-16-24-21-11-7-6-10-20(18)21/h3-11,16,19,23-24H,2,12-15H2,1H3. The quantitative estimate of drug-likeness (QED) is 0.568. The molecule has 0 saturated carbocycles. The maximum atomic E-state index is 12.0. The van der Waals surface area contributed by atoms with Crippen molar-refractivity contribution in [1.29, 1.82) is 0 Å². The number of H-pyrrole nitrogens is 1. The van der Waals surface area contributed by atoms with Gasteiger partial charge in [-0.05, 0) is 37.0 Å². The van der Waals surface area contributed by atoms with E-state index in [0.29, 0.717) is 13.0 Å². The summed E-state index contributed by atoms with van der Waals surface area (Å²) < 4.78 is 5.15. The Hall–Kier alpha value is -2.59. The molecule has 0 aliphatic heterocycles. The number of para-hydroxylation sites is 1. The van der Waals surface area contributed by atoms with Crippen LogP contribution in [0.4, 0.5) is 0 Å². The molecule has 0 fully saturated rings. The lowest BCUT2D eigenvalue weighted by Crippen LogP contribution is -2.32. The highest BCUT2D eigenvalue weighted by Gasteiger charge is 2.15. The van der Waals surface area contributed by atoms with Gasteiger partial charge in [-0.15, -0.1) is 0 Å². The van der Waals surface area contributed by atoms with Gasteiger partial charge in [-0.2, -0.15) is 0 Å². The molecule has 3 aromatic rings. The summed E-state index contributed by atoms with van der Waals surface area (Å²) in [6.45, 7) is 3.02. The Morgan fingerprint density at radius 2 is 1.88 bits per heavy atom. The van der Waals surface area contributed by atoms with Crippen molar-refractivity contribution in [3.63, 3.8) is 0 Å². The molecule has 1 unspecified atom stereocenters. The molecule has 2 N–H and O–H groups in total. The molecule has 26 heavy (non-hydrogen) atoms. The van der Waals surface area contributed by atoms with Crippen LogP contribution in [-0.4, -0.2) is 23.6 Å². The number of aromatic amines is 1. The highest BCUT2D eigenvalue weighted by molar-refractivity contribution is 5.83. The van der Waals surface area contributed by atoms with Crippen LogP contribution in [0, 0.1) is 0 Å². The number of rotatable bonds is 9. The largest absolute Gasteiger partial charge is 0.466 e. The number of benzene rings is 2. The van der Waals surface area contributed by atoms with E-state index >= 15 is 0 Å². The average molecular weight is 350 g/mol. The molecule has 2 aromatic carbocycles. The van der Waals surface area contributed by atoms with E-state index in [4.69, 9.17) is 4.74 Å². The van der Waals surface area contributed by atoms with Gasteiger partial charge in [0, 0.05) is 29.7 Å². The minimum atomic E-state index is -0.142. The molecule has 3 rings (SSSR count). The molecule has 0 amide bonds. The first-order chi connectivity index (χ1) is 12.8. The van der Waals surface area contributed by atoms with E-state index in [2.05, 4.69) is 46.8 Å². The SMILES string of the molecule is CCOC(=O)CC(CCc1c[nH]c2ccccc12)NCc1ccccc1. The number of aromatic nitrogens is 1. The first-order valence-corrected chi connectivity index (χ1v) is 9.24. The van der Waals surface area contributed by atoms with Crippen LogP contribution in [0.5, 0.6) is 0 Å². The summed E-state index contributed by atoms with van der Waals surface area (Å²) in [7, 11) is 0. The predicted molar refractivity (Wildman–Crippen MR) is 105 cm³/mol. The van der Waals surface area contributed by atoms with Crippen molar-refractivity contribution in [2.45, 2.75) is 38.8 Å². The summed E-state index contributed by atoms with van der Waals surface area (Å²) in [4.78, 5) is 15.3. The fourth-order valence-corrected chi connectivity index (χ4v) is 3.22. The Bertz CT molecular complexity index is 826. The zero-order valence-corrected chi connectivity index (χ0v) is 15.2. The Morgan fingerprint density at radius 3 is 2.69 bits per heavy atom. The molecule has 0 bridgehead atoms. The van der Waals surface area contributed by atoms with Crippen LogP contribution in [-0.2, 0) is 22.5 Å². The molecule has 4 heteroatoms. The summed E-state index contributed by atoms with van der Waals surface area (Å²) in [5.74, 6) is -0.142. The monoisotopic (exact) mass is 350 g/mol. The number of carbonyl (C=O) groups is 1. The highest BCUT2D eigenvalue weighted by atomic mass is 16.5. The highest BCUT2D eigenvalue weighted by Crippen LogP contribution is 2.20. The smallest absolute Gasteiger partial charge is 0.307 e. The van der Waals surface area contributed by atoms with Crippen molar-refractivity contribution in [2.75, 3.05) is 6.61 Å². The number of hydrogen-bond acceptors (Lipinski definition) is 3. The van der Waals surface area contributed by atoms with Gasteiger partial charge in [0.15, 0.2) is 0 Å². The normalized spacial score (nSPS) is 12.2. The van der Waals surface area contributed by atoms with Crippen LogP contribution in [0.25, 0.3) is 10.9 Å². The van der Waals surface area contributed by atoms with Gasteiger partial charge in [-0.3, -0.25) is 4.79 Å². The second-order valence-electron chi connectivity index (χ2n) is 6.47. The van der Waals surface area contributed by atoms with E-state index < -0.39 is 0 Å². The van der Waals surface area contributed by atoms with Gasteiger partial charge in [0.2, 0.25) is 0 Å². The van der Waals surface area contributed by atoms with E-state index in [1.165, 1.54) is 16.5 Å². The van der Waals surface area contributed by atoms with Crippen molar-refractivity contribution in [1.82, 2.24) is 10.3 Å². The van der Waals surface area contributed by atoms with Gasteiger partial charge in [-0.1, -0.05) is 48.5 Å². The zero-order chi connectivity index (χ0) is 18.2. The maximum absolute atomic E-state index is 12.0. The number of aryl methyl sites for hydroxylation is 1. The van der Waals surface area contributed by atoms with Gasteiger partial charge in [-0.25, -0.2) is 0 Å². The van der Waals surface area contributed by atoms with E-state index in [1.54, 1.807) is 0 Å². The van der Waals surface area contributed by atoms with E-state index in [-0.39, 0.29) is 12.0 Å². The van der Waals surface area contributed by atoms with Crippen LogP contribution >= 0.6 is 0 Å². The van der Waals surface area contributed by atoms with Gasteiger partial charge >= 0.3 is 5.97 Å². The Labute approximate surface area is 154 Å². The van der Waals surface area contributed by atoms with Gasteiger partial charge in [0.1, 0.15) is 0 Å². The summed E-state index contributed by atoms with van der Waals surface area (Å²) in [5.41, 5.74) is 3.66. The number of fused-ring (bicyclic) bond motifs is 1. The van der Waals surface area contributed by atoms with Crippen LogP contribution in [0.3, 0.4) is 0 Å². The van der Waals surface area contributed by atoms with Crippen molar-refractivity contribution < 1.29 is 9.53 Å². The minimum absolute atomic E-state index is 0.0860. The lowest BCUT2D eigenvalue weighted by molar-refractivity contribution is -0.143. The fourth-order valence-electron chi connectivity index (χ4n) is 3.22. The predicted octanol–water partition coefficient (Wildman–Crippen LogP) is 4.21. The summed E-state index contributed by atoms with van der Waals surface area (Å²) >= 11 is 0. The van der Waals surface area contributed by atoms with Crippen LogP contribution in [0.2, 0.25) is 0 Å². The number of esters is 1. The zero-order valence-electron chi connectivity index (χ0n) is 15.2. The number of nitrogens with one attached hydrogen (secondary N) is 2. The van der Waals surface area contributed by atoms with Crippen LogP contribution < -0.4 is 5.32 Å². The molecule has 136 valence electrons. The van der Waals surface area contributed by atoms with Crippen molar-refractivity contribution in [2.24, 2.45) is 0 Å². The van der Waals surface area contributed by atoms with Crippen molar-refractivity contribution in [3.05, 3.63) is 71.9 Å². The first-order valence-electron chi connectivity index (χ1n) is 9.24. The Balaban J connectivity index is 1.63. The molecule has 0 radical (unpaired) electrons. The molecule has 0 aliphatic rings. The van der Waals surface area contributed by atoms with Crippen molar-refractivity contribution in [3.8, 4) is 0 Å². The maximum Gasteiger partial charge on any atom is 0.307 e. The molecule has 4 nitrogen and oxygen atoms in total. The lowest BCUT2D eigenvalue weighted by atomic mass is 10.0. The molecule has 1 atom stereocenters. The number of carbonyl (C=O) groups excluding carboxylic acids is 1. The third kappa shape index (κ3) is 4.96. The molecule has 0 saturated heterocycles. The molecular weight excluding hydrogens is 324 g/mol. The topological polar surface area (TPSA) is 54.1 Å². The van der Waals surface area contributed by atoms with Crippen LogP contribution in [0.15, 0.2) is 60.8 Å². The van der Waals surface area contributed by atoms with Crippen LogP contribution in [0.1, 0.15) is 30.9 Å². The van der Waals surface area contributed by atoms with Gasteiger partial charge in [0.25, 0.3) is 0 Å². The summed E-state index contributed by atoms with van der Waals surface area (Å²) in [6, 6.07) is 18.7. The van der Waals surface area contributed by atoms with Gasteiger partial charge in [0.05, 0.1) is 13.0 Å².